The number of nitrogens with zero attached hydrogens (tertiary/aromatic N) is 1. The van der Waals surface area contributed by atoms with Crippen LogP contribution in [0.4, 0.5) is 0 Å². The van der Waals surface area contributed by atoms with Gasteiger partial charge in [-0.1, -0.05) is 13.8 Å². The van der Waals surface area contributed by atoms with Gasteiger partial charge in [-0.2, -0.15) is 0 Å². The summed E-state index contributed by atoms with van der Waals surface area (Å²) >= 11 is 0. The largest absolute Gasteiger partial charge is 0.394 e. The Kier molecular flexibility index (Phi) is 5.90. The number of nitrogens with one attached hydrogen (secondary N) is 1. The molecule has 3 atom stereocenters. The molecule has 0 heterocycles. The molecule has 3 unspecified atom stereocenters. The maximum atomic E-state index is 9.40. The first kappa shape index (κ1) is 14.9. The van der Waals surface area contributed by atoms with E-state index >= 15 is 0 Å². The number of likely N-dealkylation sites (N-methyl/N-ethyl adjacent to an activating group) is 1. The quantitative estimate of drug-likeness (QED) is 0.646. The number of hydrogen-bond donors (Lipinski definition) is 2. The van der Waals surface area contributed by atoms with Crippen molar-refractivity contribution in [3.05, 3.63) is 0 Å². The molecule has 1 aliphatic carbocycles. The van der Waals surface area contributed by atoms with E-state index in [1.807, 2.05) is 0 Å². The lowest BCUT2D eigenvalue weighted by atomic mass is 9.96. The van der Waals surface area contributed by atoms with Gasteiger partial charge in [0.15, 0.2) is 0 Å². The van der Waals surface area contributed by atoms with Gasteiger partial charge in [-0.15, -0.1) is 0 Å². The highest BCUT2D eigenvalue weighted by atomic mass is 16.3. The summed E-state index contributed by atoms with van der Waals surface area (Å²) in [6, 6.07) is 0. The highest BCUT2D eigenvalue weighted by molar-refractivity contribution is 4.85. The van der Waals surface area contributed by atoms with E-state index in [1.54, 1.807) is 0 Å². The van der Waals surface area contributed by atoms with Crippen LogP contribution in [0.15, 0.2) is 0 Å². The lowest BCUT2D eigenvalue weighted by Crippen LogP contribution is -2.46. The molecule has 0 radical (unpaired) electrons. The van der Waals surface area contributed by atoms with Gasteiger partial charge < -0.3 is 15.3 Å². The fraction of sp³-hybridized carbons (Fsp3) is 1.00. The summed E-state index contributed by atoms with van der Waals surface area (Å²) in [5.74, 6) is 1.89. The van der Waals surface area contributed by atoms with Crippen LogP contribution in [0.2, 0.25) is 0 Å². The van der Waals surface area contributed by atoms with Crippen molar-refractivity contribution < 1.29 is 5.11 Å². The lowest BCUT2D eigenvalue weighted by molar-refractivity contribution is 0.160. The molecule has 3 heteroatoms. The van der Waals surface area contributed by atoms with Crippen LogP contribution >= 0.6 is 0 Å². The van der Waals surface area contributed by atoms with E-state index in [4.69, 9.17) is 0 Å². The number of aliphatic hydroxyl groups is 1. The molecule has 2 N–H and O–H groups in total. The van der Waals surface area contributed by atoms with E-state index in [2.05, 4.69) is 38.0 Å². The third-order valence-corrected chi connectivity index (χ3v) is 4.04. The third-order valence-electron chi connectivity index (χ3n) is 4.04. The van der Waals surface area contributed by atoms with Crippen molar-refractivity contribution in [1.29, 1.82) is 0 Å². The predicted molar refractivity (Wildman–Crippen MR) is 73.2 cm³/mol. The Balaban J connectivity index is 2.12. The minimum absolute atomic E-state index is 0.0948. The lowest BCUT2D eigenvalue weighted by Gasteiger charge is -2.29. The zero-order valence-electron chi connectivity index (χ0n) is 12.0. The van der Waals surface area contributed by atoms with Gasteiger partial charge in [0.2, 0.25) is 0 Å². The first-order valence-electron chi connectivity index (χ1n) is 7.05. The normalized spacial score (nSPS) is 27.2. The molecule has 1 rings (SSSR count). The van der Waals surface area contributed by atoms with Gasteiger partial charge in [0, 0.05) is 12.1 Å². The Morgan fingerprint density at radius 2 is 2.12 bits per heavy atom. The molecule has 0 amide bonds. The molecule has 1 aliphatic rings. The van der Waals surface area contributed by atoms with Gasteiger partial charge >= 0.3 is 0 Å². The Bertz CT molecular complexity index is 222. The molecule has 3 nitrogen and oxygen atoms in total. The molecule has 0 aromatic heterocycles. The summed E-state index contributed by atoms with van der Waals surface area (Å²) in [4.78, 5) is 2.44. The van der Waals surface area contributed by atoms with Gasteiger partial charge in [-0.05, 0) is 58.2 Å². The molecule has 0 bridgehead atoms. The van der Waals surface area contributed by atoms with Gasteiger partial charge in [0.05, 0.1) is 6.61 Å². The predicted octanol–water partition coefficient (Wildman–Crippen LogP) is 1.71. The minimum atomic E-state index is -0.0948. The van der Waals surface area contributed by atoms with Crippen LogP contribution in [-0.2, 0) is 0 Å². The topological polar surface area (TPSA) is 35.5 Å². The van der Waals surface area contributed by atoms with Gasteiger partial charge in [0.25, 0.3) is 0 Å². The Morgan fingerprint density at radius 3 is 2.59 bits per heavy atom. The van der Waals surface area contributed by atoms with E-state index in [0.29, 0.717) is 0 Å². The monoisotopic (exact) mass is 242 g/mol. The number of aliphatic hydroxyl groups excluding tert-OH is 1. The second kappa shape index (κ2) is 6.72. The molecular formula is C14H30N2O. The van der Waals surface area contributed by atoms with Crippen LogP contribution < -0.4 is 5.32 Å². The van der Waals surface area contributed by atoms with Crippen molar-refractivity contribution in [3.8, 4) is 0 Å². The first-order valence-corrected chi connectivity index (χ1v) is 7.05. The van der Waals surface area contributed by atoms with Crippen LogP contribution in [-0.4, -0.2) is 48.8 Å². The summed E-state index contributed by atoms with van der Waals surface area (Å²) in [6.07, 6.45) is 3.61. The summed E-state index contributed by atoms with van der Waals surface area (Å²) in [5.41, 5.74) is -0.0948. The SMILES string of the molecule is CCNC(C)(CO)CCCN(C)CC1CC1C. The highest BCUT2D eigenvalue weighted by Crippen LogP contribution is 2.37. The molecular weight excluding hydrogens is 212 g/mol. The molecule has 102 valence electrons. The Morgan fingerprint density at radius 1 is 1.47 bits per heavy atom. The van der Waals surface area contributed by atoms with Crippen molar-refractivity contribution in [2.24, 2.45) is 11.8 Å². The molecule has 0 aliphatic heterocycles. The maximum absolute atomic E-state index is 9.40. The molecule has 0 aromatic carbocycles. The van der Waals surface area contributed by atoms with Crippen molar-refractivity contribution in [1.82, 2.24) is 10.2 Å². The second-order valence-electron chi connectivity index (χ2n) is 6.09. The van der Waals surface area contributed by atoms with Crippen LogP contribution in [0.5, 0.6) is 0 Å². The van der Waals surface area contributed by atoms with Crippen LogP contribution in [0.3, 0.4) is 0 Å². The molecule has 0 spiro atoms. The van der Waals surface area contributed by atoms with E-state index in [1.165, 1.54) is 13.0 Å². The maximum Gasteiger partial charge on any atom is 0.0610 e. The van der Waals surface area contributed by atoms with Gasteiger partial charge in [-0.25, -0.2) is 0 Å². The molecule has 0 saturated heterocycles. The first-order chi connectivity index (χ1) is 8.00. The van der Waals surface area contributed by atoms with E-state index in [9.17, 15) is 5.11 Å². The van der Waals surface area contributed by atoms with Gasteiger partial charge in [0.1, 0.15) is 0 Å². The Labute approximate surface area is 107 Å². The van der Waals surface area contributed by atoms with E-state index in [-0.39, 0.29) is 12.1 Å². The van der Waals surface area contributed by atoms with Crippen molar-refractivity contribution in [2.75, 3.05) is 33.3 Å². The second-order valence-corrected chi connectivity index (χ2v) is 6.09. The van der Waals surface area contributed by atoms with E-state index < -0.39 is 0 Å². The highest BCUT2D eigenvalue weighted by Gasteiger charge is 2.33. The standard InChI is InChI=1S/C14H30N2O/c1-5-15-14(3,11-17)7-6-8-16(4)10-13-9-12(13)2/h12-13,15,17H,5-11H2,1-4H3. The molecule has 1 saturated carbocycles. The summed E-state index contributed by atoms with van der Waals surface area (Å²) < 4.78 is 0. The van der Waals surface area contributed by atoms with Crippen LogP contribution in [0, 0.1) is 11.8 Å². The number of hydrogen-bond acceptors (Lipinski definition) is 3. The zero-order chi connectivity index (χ0) is 12.9. The fourth-order valence-corrected chi connectivity index (χ4v) is 2.53. The summed E-state index contributed by atoms with van der Waals surface area (Å²) in [7, 11) is 2.22. The van der Waals surface area contributed by atoms with Crippen molar-refractivity contribution in [2.45, 2.75) is 45.6 Å². The van der Waals surface area contributed by atoms with E-state index in [0.717, 1.165) is 37.8 Å². The fourth-order valence-electron chi connectivity index (χ4n) is 2.53. The van der Waals surface area contributed by atoms with Crippen LogP contribution in [0.25, 0.3) is 0 Å². The summed E-state index contributed by atoms with van der Waals surface area (Å²) in [6.45, 7) is 10.1. The smallest absolute Gasteiger partial charge is 0.0610 e. The number of rotatable bonds is 9. The Hall–Kier alpha value is -0.120. The summed E-state index contributed by atoms with van der Waals surface area (Å²) in [5, 5.41) is 12.8. The minimum Gasteiger partial charge on any atom is -0.394 e. The molecule has 1 fully saturated rings. The molecule has 0 aromatic rings. The van der Waals surface area contributed by atoms with Crippen molar-refractivity contribution in [3.63, 3.8) is 0 Å². The van der Waals surface area contributed by atoms with Gasteiger partial charge in [-0.3, -0.25) is 0 Å². The zero-order valence-corrected chi connectivity index (χ0v) is 12.0. The van der Waals surface area contributed by atoms with Crippen molar-refractivity contribution >= 4 is 0 Å². The third kappa shape index (κ3) is 5.36. The molecule has 17 heavy (non-hydrogen) atoms. The average molecular weight is 242 g/mol. The van der Waals surface area contributed by atoms with Crippen LogP contribution in [0.1, 0.15) is 40.0 Å². The average Bonchev–Trinajstić information content (AvgIpc) is 2.94.